The third kappa shape index (κ3) is 4.20. The van der Waals surface area contributed by atoms with E-state index in [0.29, 0.717) is 34.2 Å². The first-order valence-corrected chi connectivity index (χ1v) is 7.33. The average molecular weight is 314 g/mol. The van der Waals surface area contributed by atoms with Crippen LogP contribution in [0.3, 0.4) is 0 Å². The molecule has 0 saturated carbocycles. The molecule has 6 heteroatoms. The first-order valence-electron chi connectivity index (χ1n) is 6.57. The Morgan fingerprint density at radius 2 is 1.90 bits per heavy atom. The van der Waals surface area contributed by atoms with Crippen molar-refractivity contribution < 1.29 is 4.52 Å². The van der Waals surface area contributed by atoms with Crippen LogP contribution < -0.4 is 5.73 Å². The van der Waals surface area contributed by atoms with E-state index < -0.39 is 0 Å². The molecule has 1 aromatic carbocycles. The first-order chi connectivity index (χ1) is 9.58. The lowest BCUT2D eigenvalue weighted by atomic mass is 10.0. The van der Waals surface area contributed by atoms with Gasteiger partial charge in [0.1, 0.15) is 0 Å². The van der Waals surface area contributed by atoms with E-state index in [9.17, 15) is 0 Å². The smallest absolute Gasteiger partial charge is 0.226 e. The van der Waals surface area contributed by atoms with E-state index in [1.54, 1.807) is 18.2 Å². The number of nitrogens with two attached hydrogens (primary N) is 1. The fourth-order valence-electron chi connectivity index (χ4n) is 1.96. The van der Waals surface area contributed by atoms with Crippen molar-refractivity contribution in [3.63, 3.8) is 0 Å². The molecule has 1 aromatic heterocycles. The summed E-state index contributed by atoms with van der Waals surface area (Å²) >= 11 is 11.9. The molecule has 0 saturated heterocycles. The highest BCUT2D eigenvalue weighted by Gasteiger charge is 2.11. The van der Waals surface area contributed by atoms with Crippen molar-refractivity contribution >= 4 is 23.2 Å². The molecule has 0 spiro atoms. The van der Waals surface area contributed by atoms with Crippen LogP contribution >= 0.6 is 23.2 Å². The van der Waals surface area contributed by atoms with Gasteiger partial charge < -0.3 is 10.3 Å². The van der Waals surface area contributed by atoms with E-state index in [0.717, 1.165) is 24.8 Å². The lowest BCUT2D eigenvalue weighted by Crippen LogP contribution is -2.06. The van der Waals surface area contributed by atoms with Crippen molar-refractivity contribution in [1.29, 1.82) is 0 Å². The standard InChI is InChI=1S/C14H17Cl2N3O/c1-9(4-5-17)2-3-13-18-14(19-20-13)10-6-11(15)8-12(16)7-10/h6-9H,2-5,17H2,1H3. The number of aromatic nitrogens is 2. The van der Waals surface area contributed by atoms with Crippen molar-refractivity contribution in [1.82, 2.24) is 10.1 Å². The minimum Gasteiger partial charge on any atom is -0.339 e. The van der Waals surface area contributed by atoms with Gasteiger partial charge in [-0.2, -0.15) is 4.98 Å². The van der Waals surface area contributed by atoms with Gasteiger partial charge in [-0.25, -0.2) is 0 Å². The summed E-state index contributed by atoms with van der Waals surface area (Å²) < 4.78 is 5.25. The third-order valence-corrected chi connectivity index (χ3v) is 3.54. The van der Waals surface area contributed by atoms with Crippen molar-refractivity contribution in [2.45, 2.75) is 26.2 Å². The van der Waals surface area contributed by atoms with Crippen molar-refractivity contribution in [2.24, 2.45) is 11.7 Å². The van der Waals surface area contributed by atoms with Gasteiger partial charge in [-0.15, -0.1) is 0 Å². The molecule has 4 nitrogen and oxygen atoms in total. The van der Waals surface area contributed by atoms with E-state index in [-0.39, 0.29) is 0 Å². The van der Waals surface area contributed by atoms with Crippen LogP contribution in [0.2, 0.25) is 10.0 Å². The number of halogens is 2. The molecule has 1 heterocycles. The van der Waals surface area contributed by atoms with Crippen LogP contribution in [-0.2, 0) is 6.42 Å². The first kappa shape index (κ1) is 15.3. The SMILES string of the molecule is CC(CCN)CCc1nc(-c2cc(Cl)cc(Cl)c2)no1. The minimum absolute atomic E-state index is 0.510. The fourth-order valence-corrected chi connectivity index (χ4v) is 2.48. The second-order valence-corrected chi connectivity index (χ2v) is 5.76. The van der Waals surface area contributed by atoms with Gasteiger partial charge in [-0.1, -0.05) is 35.3 Å². The molecule has 0 radical (unpaired) electrons. The predicted octanol–water partition coefficient (Wildman–Crippen LogP) is 3.96. The Hall–Kier alpha value is -1.10. The molecule has 20 heavy (non-hydrogen) atoms. The van der Waals surface area contributed by atoms with Gasteiger partial charge >= 0.3 is 0 Å². The maximum absolute atomic E-state index is 5.96. The van der Waals surface area contributed by atoms with E-state index >= 15 is 0 Å². The Kier molecular flexibility index (Phi) is 5.40. The van der Waals surface area contributed by atoms with E-state index in [4.69, 9.17) is 33.5 Å². The van der Waals surface area contributed by atoms with Crippen LogP contribution in [0.25, 0.3) is 11.4 Å². The highest BCUT2D eigenvalue weighted by molar-refractivity contribution is 6.35. The monoisotopic (exact) mass is 313 g/mol. The molecule has 0 bridgehead atoms. The molecule has 1 unspecified atom stereocenters. The molecule has 2 rings (SSSR count). The summed E-state index contributed by atoms with van der Waals surface area (Å²) in [5.74, 6) is 1.69. The zero-order chi connectivity index (χ0) is 14.5. The number of rotatable bonds is 6. The highest BCUT2D eigenvalue weighted by Crippen LogP contribution is 2.25. The van der Waals surface area contributed by atoms with Gasteiger partial charge in [0, 0.05) is 22.0 Å². The number of hydrogen-bond donors (Lipinski definition) is 1. The van der Waals surface area contributed by atoms with Gasteiger partial charge in [-0.3, -0.25) is 0 Å². The number of aryl methyl sites for hydroxylation is 1. The van der Waals surface area contributed by atoms with E-state index in [1.165, 1.54) is 0 Å². The Balaban J connectivity index is 2.05. The maximum atomic E-state index is 5.96. The molecule has 2 aromatic rings. The molecular weight excluding hydrogens is 297 g/mol. The highest BCUT2D eigenvalue weighted by atomic mass is 35.5. The number of hydrogen-bond acceptors (Lipinski definition) is 4. The molecule has 0 aliphatic rings. The van der Waals surface area contributed by atoms with Gasteiger partial charge in [0.05, 0.1) is 0 Å². The maximum Gasteiger partial charge on any atom is 0.226 e. The molecule has 2 N–H and O–H groups in total. The van der Waals surface area contributed by atoms with Crippen LogP contribution in [0.1, 0.15) is 25.7 Å². The zero-order valence-corrected chi connectivity index (χ0v) is 12.8. The fraction of sp³-hybridized carbons (Fsp3) is 0.429. The third-order valence-electron chi connectivity index (χ3n) is 3.10. The summed E-state index contributed by atoms with van der Waals surface area (Å²) in [6.07, 6.45) is 2.74. The van der Waals surface area contributed by atoms with Crippen LogP contribution in [0, 0.1) is 5.92 Å². The van der Waals surface area contributed by atoms with Crippen LogP contribution in [0.4, 0.5) is 0 Å². The molecule has 0 aliphatic heterocycles. The largest absolute Gasteiger partial charge is 0.339 e. The van der Waals surface area contributed by atoms with Crippen LogP contribution in [-0.4, -0.2) is 16.7 Å². The Morgan fingerprint density at radius 3 is 2.55 bits per heavy atom. The molecule has 0 aliphatic carbocycles. The average Bonchev–Trinajstić information content (AvgIpc) is 2.84. The van der Waals surface area contributed by atoms with Crippen molar-refractivity contribution in [2.75, 3.05) is 6.54 Å². The Bertz CT molecular complexity index is 551. The van der Waals surface area contributed by atoms with Crippen molar-refractivity contribution in [3.05, 3.63) is 34.1 Å². The summed E-state index contributed by atoms with van der Waals surface area (Å²) in [6, 6.07) is 5.19. The van der Waals surface area contributed by atoms with Crippen LogP contribution in [0.5, 0.6) is 0 Å². The predicted molar refractivity (Wildman–Crippen MR) is 80.9 cm³/mol. The van der Waals surface area contributed by atoms with E-state index in [2.05, 4.69) is 17.1 Å². The lowest BCUT2D eigenvalue weighted by molar-refractivity contribution is 0.362. The number of benzene rings is 1. The van der Waals surface area contributed by atoms with Gasteiger partial charge in [0.15, 0.2) is 0 Å². The number of nitrogens with zero attached hydrogens (tertiary/aromatic N) is 2. The lowest BCUT2D eigenvalue weighted by Gasteiger charge is -2.06. The summed E-state index contributed by atoms with van der Waals surface area (Å²) in [4.78, 5) is 4.37. The summed E-state index contributed by atoms with van der Waals surface area (Å²) in [5, 5.41) is 5.07. The zero-order valence-electron chi connectivity index (χ0n) is 11.3. The van der Waals surface area contributed by atoms with E-state index in [1.807, 2.05) is 0 Å². The summed E-state index contributed by atoms with van der Waals surface area (Å²) in [5.41, 5.74) is 6.29. The second-order valence-electron chi connectivity index (χ2n) is 4.89. The molecule has 108 valence electrons. The van der Waals surface area contributed by atoms with Crippen molar-refractivity contribution in [3.8, 4) is 11.4 Å². The van der Waals surface area contributed by atoms with Gasteiger partial charge in [0.2, 0.25) is 11.7 Å². The summed E-state index contributed by atoms with van der Waals surface area (Å²) in [7, 11) is 0. The second kappa shape index (κ2) is 7.07. The quantitative estimate of drug-likeness (QED) is 0.876. The summed E-state index contributed by atoms with van der Waals surface area (Å²) in [6.45, 7) is 2.87. The van der Waals surface area contributed by atoms with Gasteiger partial charge in [0.25, 0.3) is 0 Å². The minimum atomic E-state index is 0.510. The molecule has 1 atom stereocenters. The normalized spacial score (nSPS) is 12.6. The molecular formula is C14H17Cl2N3O. The topological polar surface area (TPSA) is 64.9 Å². The Labute approximate surface area is 128 Å². The Morgan fingerprint density at radius 1 is 1.20 bits per heavy atom. The van der Waals surface area contributed by atoms with Crippen LogP contribution in [0.15, 0.2) is 22.7 Å². The van der Waals surface area contributed by atoms with Gasteiger partial charge in [-0.05, 0) is 43.5 Å². The molecule has 0 amide bonds. The molecule has 0 fully saturated rings.